The molecule has 0 saturated heterocycles. The number of quaternary nitrogens is 1. The molecule has 0 aromatic heterocycles. The summed E-state index contributed by atoms with van der Waals surface area (Å²) >= 11 is 0. The third-order valence-electron chi connectivity index (χ3n) is 9.31. The summed E-state index contributed by atoms with van der Waals surface area (Å²) < 4.78 is 26.5. The van der Waals surface area contributed by atoms with E-state index >= 15 is 0 Å². The van der Waals surface area contributed by atoms with Crippen molar-refractivity contribution in [1.29, 1.82) is 5.26 Å². The number of halogens is 2. The first-order valence-electron chi connectivity index (χ1n) is 17.7. The molecule has 1 aliphatic rings. The summed E-state index contributed by atoms with van der Waals surface area (Å²) in [7, 11) is 4.15. The molecule has 0 saturated carbocycles. The van der Waals surface area contributed by atoms with Crippen molar-refractivity contribution in [3.8, 4) is 6.07 Å². The molecule has 1 unspecified atom stereocenters. The Morgan fingerprint density at radius 1 is 0.870 bits per heavy atom. The Morgan fingerprint density at radius 3 is 2.00 bits per heavy atom. The number of unbranched alkanes of at least 4 members (excludes halogenated alkanes) is 14. The van der Waals surface area contributed by atoms with Crippen LogP contribution < -0.4 is 24.0 Å². The predicted octanol–water partition coefficient (Wildman–Crippen LogP) is 7.09. The third-order valence-corrected chi connectivity index (χ3v) is 9.31. The zero-order valence-electron chi connectivity index (χ0n) is 28.8. The highest BCUT2D eigenvalue weighted by atomic mass is 127. The summed E-state index contributed by atoms with van der Waals surface area (Å²) in [5.41, 5.74) is 2.86. The molecule has 46 heavy (non-hydrogen) atoms. The first-order chi connectivity index (χ1) is 21.8. The van der Waals surface area contributed by atoms with Crippen molar-refractivity contribution in [3.63, 3.8) is 0 Å². The number of hydrogen-bond donors (Lipinski definition) is 0. The monoisotopic (exact) mass is 748 g/mol. The van der Waals surface area contributed by atoms with E-state index in [4.69, 9.17) is 9.47 Å². The molecule has 0 radical (unpaired) electrons. The minimum Gasteiger partial charge on any atom is -1.00 e. The second kappa shape index (κ2) is 21.8. The fourth-order valence-electron chi connectivity index (χ4n) is 6.54. The molecule has 0 bridgehead atoms. The Morgan fingerprint density at radius 2 is 1.43 bits per heavy atom. The van der Waals surface area contributed by atoms with Crippen LogP contribution in [0, 0.1) is 17.1 Å². The molecule has 1 aliphatic heterocycles. The summed E-state index contributed by atoms with van der Waals surface area (Å²) in [6.07, 6.45) is 21.6. The largest absolute Gasteiger partial charge is 1.00 e. The van der Waals surface area contributed by atoms with Gasteiger partial charge in [-0.25, -0.2) is 4.39 Å². The van der Waals surface area contributed by atoms with Crippen LogP contribution in [0.15, 0.2) is 42.5 Å². The van der Waals surface area contributed by atoms with Gasteiger partial charge in [0.15, 0.2) is 0 Å². The fourth-order valence-corrected chi connectivity index (χ4v) is 6.54. The lowest BCUT2D eigenvalue weighted by Gasteiger charge is -2.33. The Balaban J connectivity index is 0.00000736. The van der Waals surface area contributed by atoms with Crippen molar-refractivity contribution >= 4 is 5.97 Å². The minimum absolute atomic E-state index is 0. The van der Waals surface area contributed by atoms with Crippen molar-refractivity contribution in [2.45, 2.75) is 135 Å². The number of rotatable bonds is 23. The number of hydrogen-bond acceptors (Lipinski definition) is 4. The van der Waals surface area contributed by atoms with Gasteiger partial charge >= 0.3 is 5.97 Å². The van der Waals surface area contributed by atoms with Gasteiger partial charge in [0.25, 0.3) is 0 Å². The van der Waals surface area contributed by atoms with Crippen LogP contribution >= 0.6 is 0 Å². The Labute approximate surface area is 295 Å². The van der Waals surface area contributed by atoms with Gasteiger partial charge < -0.3 is 33.5 Å². The average molecular weight is 749 g/mol. The second-order valence-electron chi connectivity index (χ2n) is 13.7. The van der Waals surface area contributed by atoms with Gasteiger partial charge in [-0.15, -0.1) is 0 Å². The van der Waals surface area contributed by atoms with Crippen LogP contribution in [0.2, 0.25) is 0 Å². The molecule has 0 amide bonds. The van der Waals surface area contributed by atoms with Crippen LogP contribution in [0.1, 0.15) is 145 Å². The highest BCUT2D eigenvalue weighted by molar-refractivity contribution is 5.69. The molecular formula is C39H58FIN2O3. The predicted molar refractivity (Wildman–Crippen MR) is 180 cm³/mol. The molecule has 5 nitrogen and oxygen atoms in total. The minimum atomic E-state index is -0.693. The van der Waals surface area contributed by atoms with Crippen LogP contribution in [-0.2, 0) is 26.5 Å². The molecule has 1 atom stereocenters. The highest BCUT2D eigenvalue weighted by Crippen LogP contribution is 2.45. The van der Waals surface area contributed by atoms with E-state index in [2.05, 4.69) is 27.1 Å². The van der Waals surface area contributed by atoms with E-state index < -0.39 is 5.60 Å². The molecule has 0 N–H and O–H groups in total. The molecule has 7 heteroatoms. The topological polar surface area (TPSA) is 59.3 Å². The highest BCUT2D eigenvalue weighted by Gasteiger charge is 2.42. The lowest BCUT2D eigenvalue weighted by Crippen LogP contribution is -3.00. The molecule has 256 valence electrons. The number of esters is 1. The zero-order chi connectivity index (χ0) is 32.4. The molecule has 2 aromatic rings. The van der Waals surface area contributed by atoms with Crippen LogP contribution in [0.5, 0.6) is 0 Å². The molecule has 0 aliphatic carbocycles. The van der Waals surface area contributed by atoms with E-state index in [1.165, 1.54) is 95.6 Å². The second-order valence-corrected chi connectivity index (χ2v) is 13.7. The maximum Gasteiger partial charge on any atom is 0.310 e. The van der Waals surface area contributed by atoms with Gasteiger partial charge in [0.05, 0.1) is 38.9 Å². The SMILES string of the molecule is CCCCCCCCCCCCCCCCCC(=O)OC[N+](C)(C)CCCC1(c2ccc(F)cc2)OCc2cc(C#N)ccc21.[I-]. The van der Waals surface area contributed by atoms with Crippen molar-refractivity contribution in [2.24, 2.45) is 0 Å². The van der Waals surface area contributed by atoms with Crippen molar-refractivity contribution < 1.29 is 47.1 Å². The number of carbonyl (C=O) groups is 1. The fraction of sp³-hybridized carbons (Fsp3) is 0.641. The van der Waals surface area contributed by atoms with Crippen LogP contribution in [0.25, 0.3) is 0 Å². The number of benzene rings is 2. The van der Waals surface area contributed by atoms with Crippen molar-refractivity contribution in [3.05, 3.63) is 70.5 Å². The zero-order valence-corrected chi connectivity index (χ0v) is 30.9. The molecule has 1 heterocycles. The number of nitrogens with zero attached hydrogens (tertiary/aromatic N) is 2. The average Bonchev–Trinajstić information content (AvgIpc) is 3.40. The summed E-state index contributed by atoms with van der Waals surface area (Å²) in [6, 6.07) is 14.4. The van der Waals surface area contributed by atoms with Gasteiger partial charge in [-0.05, 0) is 53.8 Å². The summed E-state index contributed by atoms with van der Waals surface area (Å²) in [4.78, 5) is 12.5. The first-order valence-corrected chi connectivity index (χ1v) is 17.7. The Hall–Kier alpha value is -2.02. The molecular weight excluding hydrogens is 690 g/mol. The van der Waals surface area contributed by atoms with E-state index in [1.807, 2.05) is 18.2 Å². The van der Waals surface area contributed by atoms with Gasteiger partial charge in [0.2, 0.25) is 6.73 Å². The van der Waals surface area contributed by atoms with E-state index in [1.54, 1.807) is 12.1 Å². The summed E-state index contributed by atoms with van der Waals surface area (Å²) in [6.45, 7) is 3.82. The van der Waals surface area contributed by atoms with E-state index in [0.717, 1.165) is 42.5 Å². The van der Waals surface area contributed by atoms with Crippen LogP contribution in [0.3, 0.4) is 0 Å². The number of nitriles is 1. The standard InChI is InChI=1S/C39H58FN2O3.HI/c1-4-5-6-7-8-9-10-11-12-13-14-15-16-17-18-20-38(43)44-32-42(2,3)28-19-27-39(35-22-24-36(40)25-23-35)37-26-21-33(30-41)29-34(37)31-45-39;/h21-26,29H,4-20,27-28,31-32H2,1-3H3;1H/q+1;/p-1. The van der Waals surface area contributed by atoms with E-state index in [-0.39, 0.29) is 35.8 Å². The Bertz CT molecular complexity index is 1200. The smallest absolute Gasteiger partial charge is 0.310 e. The lowest BCUT2D eigenvalue weighted by molar-refractivity contribution is -0.907. The van der Waals surface area contributed by atoms with E-state index in [9.17, 15) is 14.4 Å². The van der Waals surface area contributed by atoms with Gasteiger partial charge in [-0.3, -0.25) is 9.28 Å². The maximum absolute atomic E-state index is 13.8. The lowest BCUT2D eigenvalue weighted by atomic mass is 9.81. The normalized spacial score (nSPS) is 15.6. The van der Waals surface area contributed by atoms with Crippen LogP contribution in [0.4, 0.5) is 4.39 Å². The maximum atomic E-state index is 13.8. The summed E-state index contributed by atoms with van der Waals surface area (Å²) in [5.74, 6) is -0.393. The van der Waals surface area contributed by atoms with Crippen molar-refractivity contribution in [2.75, 3.05) is 27.4 Å². The van der Waals surface area contributed by atoms with Gasteiger partial charge in [0, 0.05) is 12.8 Å². The molecule has 2 aromatic carbocycles. The molecule has 0 spiro atoms. The van der Waals surface area contributed by atoms with Gasteiger partial charge in [-0.1, -0.05) is 115 Å². The van der Waals surface area contributed by atoms with Gasteiger partial charge in [0.1, 0.15) is 11.4 Å². The van der Waals surface area contributed by atoms with E-state index in [0.29, 0.717) is 36.2 Å². The van der Waals surface area contributed by atoms with Crippen molar-refractivity contribution in [1.82, 2.24) is 0 Å². The first kappa shape index (κ1) is 40.2. The molecule has 0 fully saturated rings. The quantitative estimate of drug-likeness (QED) is 0.0401. The third kappa shape index (κ3) is 13.6. The summed E-state index contributed by atoms with van der Waals surface area (Å²) in [5, 5.41) is 9.35. The Kier molecular flexibility index (Phi) is 19.0. The number of carbonyl (C=O) groups excluding carboxylic acids is 1. The van der Waals surface area contributed by atoms with Crippen LogP contribution in [-0.4, -0.2) is 37.8 Å². The molecule has 3 rings (SSSR count). The number of fused-ring (bicyclic) bond motifs is 1. The van der Waals surface area contributed by atoms with Gasteiger partial charge in [-0.2, -0.15) is 5.26 Å². The number of ether oxygens (including phenoxy) is 2.